The molecule has 0 fully saturated rings. The molecule has 0 saturated heterocycles. The van der Waals surface area contributed by atoms with Crippen LogP contribution in [0.2, 0.25) is 0 Å². The topological polar surface area (TPSA) is 52.3 Å². The highest BCUT2D eigenvalue weighted by Gasteiger charge is 2.14. The molecule has 0 aliphatic carbocycles. The number of hydrogen-bond donors (Lipinski definition) is 1. The molecule has 0 aliphatic rings. The van der Waals surface area contributed by atoms with Crippen molar-refractivity contribution < 1.29 is 9.53 Å². The lowest BCUT2D eigenvalue weighted by molar-refractivity contribution is 0.0601. The number of nitrogens with two attached hydrogens (primary N) is 1. The van der Waals surface area contributed by atoms with Crippen LogP contribution in [0.15, 0.2) is 46.2 Å². The van der Waals surface area contributed by atoms with E-state index < -0.39 is 5.97 Å². The Morgan fingerprint density at radius 2 is 1.90 bits per heavy atom. The first kappa shape index (κ1) is 14.5. The molecule has 0 spiro atoms. The molecule has 0 radical (unpaired) electrons. The molecule has 2 aromatic carbocycles. The molecule has 0 atom stereocenters. The van der Waals surface area contributed by atoms with Gasteiger partial charge in [0.1, 0.15) is 0 Å². The number of para-hydroxylation sites is 1. The van der Waals surface area contributed by atoms with E-state index in [1.807, 2.05) is 12.1 Å². The molecule has 104 valence electrons. The number of rotatable bonds is 3. The quantitative estimate of drug-likeness (QED) is 0.688. The van der Waals surface area contributed by atoms with E-state index in [0.29, 0.717) is 11.3 Å². The molecule has 2 N–H and O–H groups in total. The summed E-state index contributed by atoms with van der Waals surface area (Å²) in [5, 5.41) is 0. The van der Waals surface area contributed by atoms with E-state index in [4.69, 9.17) is 10.5 Å². The molecule has 2 aromatic rings. The van der Waals surface area contributed by atoms with Gasteiger partial charge in [0.05, 0.1) is 18.4 Å². The van der Waals surface area contributed by atoms with Gasteiger partial charge in [0.25, 0.3) is 0 Å². The van der Waals surface area contributed by atoms with Crippen LogP contribution in [-0.2, 0) is 4.74 Å². The predicted molar refractivity (Wildman–Crippen MR) is 82.2 cm³/mol. The van der Waals surface area contributed by atoms with Gasteiger partial charge in [-0.3, -0.25) is 0 Å². The first-order chi connectivity index (χ1) is 9.52. The minimum atomic E-state index is -0.412. The lowest BCUT2D eigenvalue weighted by Gasteiger charge is -2.11. The average Bonchev–Trinajstić information content (AvgIpc) is 2.43. The van der Waals surface area contributed by atoms with Gasteiger partial charge in [-0.15, -0.1) is 0 Å². The molecule has 20 heavy (non-hydrogen) atoms. The van der Waals surface area contributed by atoms with Gasteiger partial charge in [-0.25, -0.2) is 4.79 Å². The van der Waals surface area contributed by atoms with Gasteiger partial charge in [0, 0.05) is 9.79 Å². The normalized spacial score (nSPS) is 10.3. The summed E-state index contributed by atoms with van der Waals surface area (Å²) in [5.74, 6) is -0.412. The Balaban J connectivity index is 2.37. The molecule has 0 unspecified atom stereocenters. The fraction of sp³-hybridized carbons (Fsp3) is 0.188. The maximum Gasteiger partial charge on any atom is 0.339 e. The highest BCUT2D eigenvalue weighted by atomic mass is 32.2. The monoisotopic (exact) mass is 287 g/mol. The van der Waals surface area contributed by atoms with Crippen LogP contribution in [0, 0.1) is 13.8 Å². The van der Waals surface area contributed by atoms with E-state index in [2.05, 4.69) is 32.0 Å². The number of ether oxygens (including phenoxy) is 1. The average molecular weight is 287 g/mol. The van der Waals surface area contributed by atoms with E-state index in [9.17, 15) is 4.79 Å². The van der Waals surface area contributed by atoms with Crippen molar-refractivity contribution in [3.05, 3.63) is 53.1 Å². The van der Waals surface area contributed by atoms with Crippen LogP contribution >= 0.6 is 11.8 Å². The van der Waals surface area contributed by atoms with Crippen LogP contribution in [0.25, 0.3) is 0 Å². The Bertz CT molecular complexity index is 653. The van der Waals surface area contributed by atoms with Gasteiger partial charge >= 0.3 is 5.97 Å². The van der Waals surface area contributed by atoms with Gasteiger partial charge in [-0.2, -0.15) is 0 Å². The standard InChI is InChI=1S/C16H17NO2S/c1-10-7-8-13(11(2)9-10)20-14-6-4-5-12(15(14)17)16(18)19-3/h4-9H,17H2,1-3H3. The van der Waals surface area contributed by atoms with Crippen molar-refractivity contribution in [3.8, 4) is 0 Å². The zero-order valence-electron chi connectivity index (χ0n) is 11.8. The van der Waals surface area contributed by atoms with E-state index in [0.717, 1.165) is 9.79 Å². The zero-order chi connectivity index (χ0) is 14.7. The molecule has 4 heteroatoms. The number of carbonyl (C=O) groups is 1. The summed E-state index contributed by atoms with van der Waals surface area (Å²) in [5.41, 5.74) is 9.35. The molecule has 0 amide bonds. The molecule has 0 saturated carbocycles. The predicted octanol–water partition coefficient (Wildman–Crippen LogP) is 3.82. The van der Waals surface area contributed by atoms with Crippen LogP contribution in [-0.4, -0.2) is 13.1 Å². The molecule has 0 aliphatic heterocycles. The number of aryl methyl sites for hydroxylation is 2. The largest absolute Gasteiger partial charge is 0.465 e. The van der Waals surface area contributed by atoms with Gasteiger partial charge in [0.2, 0.25) is 0 Å². The van der Waals surface area contributed by atoms with Crippen molar-refractivity contribution in [2.75, 3.05) is 12.8 Å². The lowest BCUT2D eigenvalue weighted by Crippen LogP contribution is -2.06. The lowest BCUT2D eigenvalue weighted by atomic mass is 10.2. The summed E-state index contributed by atoms with van der Waals surface area (Å²) in [6.07, 6.45) is 0. The number of benzene rings is 2. The van der Waals surface area contributed by atoms with Crippen molar-refractivity contribution in [1.82, 2.24) is 0 Å². The van der Waals surface area contributed by atoms with Crippen LogP contribution in [0.4, 0.5) is 5.69 Å². The molecular weight excluding hydrogens is 270 g/mol. The van der Waals surface area contributed by atoms with Crippen LogP contribution in [0.1, 0.15) is 21.5 Å². The fourth-order valence-corrected chi connectivity index (χ4v) is 2.91. The van der Waals surface area contributed by atoms with Crippen LogP contribution < -0.4 is 5.73 Å². The summed E-state index contributed by atoms with van der Waals surface area (Å²) in [4.78, 5) is 13.6. The molecular formula is C16H17NO2S. The first-order valence-electron chi connectivity index (χ1n) is 6.25. The third kappa shape index (κ3) is 2.96. The summed E-state index contributed by atoms with van der Waals surface area (Å²) >= 11 is 1.56. The van der Waals surface area contributed by atoms with Gasteiger partial charge in [0.15, 0.2) is 0 Å². The number of esters is 1. The number of nitrogen functional groups attached to an aromatic ring is 1. The minimum absolute atomic E-state index is 0.405. The third-order valence-corrected chi connectivity index (χ3v) is 4.28. The van der Waals surface area contributed by atoms with Crippen molar-refractivity contribution in [1.29, 1.82) is 0 Å². The zero-order valence-corrected chi connectivity index (χ0v) is 12.6. The fourth-order valence-electron chi connectivity index (χ4n) is 1.95. The van der Waals surface area contributed by atoms with Gasteiger partial charge in [-0.1, -0.05) is 35.5 Å². The maximum absolute atomic E-state index is 11.6. The van der Waals surface area contributed by atoms with E-state index >= 15 is 0 Å². The third-order valence-electron chi connectivity index (χ3n) is 3.02. The highest BCUT2D eigenvalue weighted by molar-refractivity contribution is 7.99. The molecule has 0 aromatic heterocycles. The molecule has 0 heterocycles. The van der Waals surface area contributed by atoms with Crippen LogP contribution in [0.5, 0.6) is 0 Å². The number of methoxy groups -OCH3 is 1. The van der Waals surface area contributed by atoms with Crippen molar-refractivity contribution in [2.24, 2.45) is 0 Å². The minimum Gasteiger partial charge on any atom is -0.465 e. The number of hydrogen-bond acceptors (Lipinski definition) is 4. The number of carbonyl (C=O) groups excluding carboxylic acids is 1. The van der Waals surface area contributed by atoms with E-state index in [-0.39, 0.29) is 0 Å². The van der Waals surface area contributed by atoms with Gasteiger partial charge in [-0.05, 0) is 37.6 Å². The number of anilines is 1. The van der Waals surface area contributed by atoms with Crippen molar-refractivity contribution in [2.45, 2.75) is 23.6 Å². The Kier molecular flexibility index (Phi) is 4.35. The Morgan fingerprint density at radius 3 is 2.55 bits per heavy atom. The van der Waals surface area contributed by atoms with Crippen molar-refractivity contribution in [3.63, 3.8) is 0 Å². The Hall–Kier alpha value is -1.94. The molecule has 0 bridgehead atoms. The first-order valence-corrected chi connectivity index (χ1v) is 7.06. The van der Waals surface area contributed by atoms with Crippen LogP contribution in [0.3, 0.4) is 0 Å². The summed E-state index contributed by atoms with van der Waals surface area (Å²) < 4.78 is 4.73. The second-order valence-electron chi connectivity index (χ2n) is 4.58. The second kappa shape index (κ2) is 6.01. The second-order valence-corrected chi connectivity index (χ2v) is 5.66. The summed E-state index contributed by atoms with van der Waals surface area (Å²) in [7, 11) is 1.35. The maximum atomic E-state index is 11.6. The smallest absolute Gasteiger partial charge is 0.339 e. The summed E-state index contributed by atoms with van der Waals surface area (Å²) in [6, 6.07) is 11.7. The van der Waals surface area contributed by atoms with E-state index in [1.54, 1.807) is 17.8 Å². The Morgan fingerprint density at radius 1 is 1.15 bits per heavy atom. The highest BCUT2D eigenvalue weighted by Crippen LogP contribution is 2.35. The van der Waals surface area contributed by atoms with E-state index in [1.165, 1.54) is 18.2 Å². The molecule has 2 rings (SSSR count). The SMILES string of the molecule is COC(=O)c1cccc(Sc2ccc(C)cc2C)c1N. The molecule has 3 nitrogen and oxygen atoms in total. The van der Waals surface area contributed by atoms with Gasteiger partial charge < -0.3 is 10.5 Å². The van der Waals surface area contributed by atoms with Crippen molar-refractivity contribution >= 4 is 23.4 Å². The summed E-state index contributed by atoms with van der Waals surface area (Å²) in [6.45, 7) is 4.13. The Labute approximate surface area is 123 Å².